The van der Waals surface area contributed by atoms with Gasteiger partial charge in [-0.1, -0.05) is 25.1 Å². The van der Waals surface area contributed by atoms with E-state index in [0.717, 1.165) is 79.7 Å². The van der Waals surface area contributed by atoms with Crippen molar-refractivity contribution in [3.63, 3.8) is 0 Å². The number of alkyl halides is 3. The van der Waals surface area contributed by atoms with Crippen LogP contribution in [0.3, 0.4) is 0 Å². The summed E-state index contributed by atoms with van der Waals surface area (Å²) < 4.78 is 41.1. The first-order chi connectivity index (χ1) is 24.8. The monoisotopic (exact) mass is 726 g/mol. The highest BCUT2D eigenvalue weighted by molar-refractivity contribution is 7.18. The number of benzene rings is 2. The number of carbonyl (C=O) groups excluding carboxylic acids is 1. The normalized spacial score (nSPS) is 23.3. The number of nitrogens with zero attached hydrogens (tertiary/aromatic N) is 5. The van der Waals surface area contributed by atoms with Crippen molar-refractivity contribution in [2.75, 3.05) is 24.1 Å². The van der Waals surface area contributed by atoms with E-state index in [2.05, 4.69) is 62.1 Å². The van der Waals surface area contributed by atoms with Gasteiger partial charge >= 0.3 is 6.18 Å². The average Bonchev–Trinajstić information content (AvgIpc) is 3.66. The smallest absolute Gasteiger partial charge is 0.393 e. The van der Waals surface area contributed by atoms with Crippen molar-refractivity contribution in [1.82, 2.24) is 24.8 Å². The Labute approximate surface area is 304 Å². The Hall–Kier alpha value is -4.67. The van der Waals surface area contributed by atoms with Gasteiger partial charge in [-0.15, -0.1) is 11.3 Å². The van der Waals surface area contributed by atoms with E-state index in [-0.39, 0.29) is 27.8 Å². The van der Waals surface area contributed by atoms with E-state index in [4.69, 9.17) is 5.73 Å². The number of hydrogen-bond donors (Lipinski definition) is 3. The molecule has 0 radical (unpaired) electrons. The summed E-state index contributed by atoms with van der Waals surface area (Å²) in [4.78, 5) is 24.7. The topological polar surface area (TPSA) is 125 Å². The minimum Gasteiger partial charge on any atom is -0.399 e. The van der Waals surface area contributed by atoms with Crippen LogP contribution in [0.2, 0.25) is 0 Å². The third-order valence-electron chi connectivity index (χ3n) is 11.9. The molecule has 270 valence electrons. The number of hydrogen-bond acceptors (Lipinski definition) is 8. The number of fused-ring (bicyclic) bond motifs is 2. The number of piperidine rings is 1. The second-order valence-electron chi connectivity index (χ2n) is 15.2. The molecule has 13 heteroatoms. The zero-order valence-corrected chi connectivity index (χ0v) is 30.0. The average molecular weight is 727 g/mol. The second kappa shape index (κ2) is 12.8. The number of nitriles is 1. The molecule has 1 atom stereocenters. The van der Waals surface area contributed by atoms with Gasteiger partial charge in [0.05, 0.1) is 18.2 Å². The first-order valence-electron chi connectivity index (χ1n) is 17.8. The van der Waals surface area contributed by atoms with Gasteiger partial charge in [0.1, 0.15) is 28.7 Å². The molecular weight excluding hydrogens is 686 g/mol. The van der Waals surface area contributed by atoms with E-state index in [0.29, 0.717) is 39.8 Å². The van der Waals surface area contributed by atoms with Crippen molar-refractivity contribution >= 4 is 49.9 Å². The Balaban J connectivity index is 0.892. The summed E-state index contributed by atoms with van der Waals surface area (Å²) in [5.74, 6) is 0.920. The maximum absolute atomic E-state index is 13.0. The molecule has 3 aliphatic carbocycles. The lowest BCUT2D eigenvalue weighted by Crippen LogP contribution is -2.81. The summed E-state index contributed by atoms with van der Waals surface area (Å²) in [5.41, 5.74) is 11.5. The van der Waals surface area contributed by atoms with Gasteiger partial charge in [-0.25, -0.2) is 9.97 Å². The van der Waals surface area contributed by atoms with E-state index in [1.165, 1.54) is 17.5 Å². The Morgan fingerprint density at radius 3 is 2.62 bits per heavy atom. The van der Waals surface area contributed by atoms with Crippen LogP contribution in [-0.2, 0) is 30.7 Å². The molecule has 1 amide bonds. The number of halogens is 3. The molecule has 0 unspecified atom stereocenters. The van der Waals surface area contributed by atoms with E-state index in [9.17, 15) is 23.2 Å². The SMILES string of the molecule is Cc1c(CN2CCC(Nc3ncnc4sc(CC(F)(F)F)cc34)CC2)ccc2c1cc(C#N)n2CC12CC(NC(=O)Cc3cccc(N)c3)(C1)[C@H]2C. The fourth-order valence-electron chi connectivity index (χ4n) is 9.04. The highest BCUT2D eigenvalue weighted by Gasteiger charge is 2.74. The summed E-state index contributed by atoms with van der Waals surface area (Å²) >= 11 is 1.06. The summed E-state index contributed by atoms with van der Waals surface area (Å²) in [5, 5.41) is 18.7. The van der Waals surface area contributed by atoms with Crippen molar-refractivity contribution in [1.29, 1.82) is 5.26 Å². The molecule has 2 bridgehead atoms. The van der Waals surface area contributed by atoms with Gasteiger partial charge in [0, 0.05) is 59.2 Å². The molecule has 1 saturated heterocycles. The number of aryl methyl sites for hydroxylation is 1. The molecule has 9 nitrogen and oxygen atoms in total. The van der Waals surface area contributed by atoms with Crippen LogP contribution in [0.25, 0.3) is 21.1 Å². The van der Waals surface area contributed by atoms with Crippen molar-refractivity contribution < 1.29 is 18.0 Å². The van der Waals surface area contributed by atoms with Crippen LogP contribution in [0, 0.1) is 29.6 Å². The number of nitrogen functional groups attached to an aromatic ring is 1. The predicted molar refractivity (Wildman–Crippen MR) is 197 cm³/mol. The Bertz CT molecular complexity index is 2220. The quantitative estimate of drug-likeness (QED) is 0.131. The summed E-state index contributed by atoms with van der Waals surface area (Å²) in [6.45, 7) is 7.64. The number of carbonyl (C=O) groups is 1. The first kappa shape index (κ1) is 34.4. The molecule has 1 aliphatic heterocycles. The van der Waals surface area contributed by atoms with Crippen LogP contribution >= 0.6 is 11.3 Å². The van der Waals surface area contributed by atoms with Gasteiger partial charge in [-0.3, -0.25) is 9.69 Å². The van der Waals surface area contributed by atoms with Gasteiger partial charge in [0.2, 0.25) is 5.91 Å². The van der Waals surface area contributed by atoms with E-state index in [1.54, 1.807) is 6.07 Å². The fraction of sp³-hybridized carbons (Fsp3) is 0.436. The molecule has 52 heavy (non-hydrogen) atoms. The Morgan fingerprint density at radius 1 is 1.12 bits per heavy atom. The Morgan fingerprint density at radius 2 is 1.90 bits per heavy atom. The second-order valence-corrected chi connectivity index (χ2v) is 16.3. The maximum Gasteiger partial charge on any atom is 0.393 e. The number of aromatic nitrogens is 3. The lowest BCUT2D eigenvalue weighted by Gasteiger charge is -2.76. The van der Waals surface area contributed by atoms with Crippen LogP contribution < -0.4 is 16.4 Å². The molecule has 4 aliphatic rings. The fourth-order valence-corrected chi connectivity index (χ4v) is 10.1. The molecule has 3 aromatic heterocycles. The standard InChI is InChI=1S/C39H41F3N8OS/c1-23-26(18-49-10-8-28(9-11-49)47-35-32-15-30(16-39(40,41)42)52-36(32)46-22-45-35)6-7-33-31(23)14-29(17-43)50(33)21-37-19-38(20-37,24(37)2)48-34(51)13-25-4-3-5-27(44)12-25/h3-7,12,14-15,22,24,28H,8-11,13,16,18-21,44H2,1-2H3,(H,48,51)(H,45,46,47)/t24-,37?,38?/m0/s1. The third-order valence-corrected chi connectivity index (χ3v) is 13.0. The van der Waals surface area contributed by atoms with Crippen molar-refractivity contribution in [3.05, 3.63) is 82.1 Å². The number of thiophene rings is 1. The van der Waals surface area contributed by atoms with Crippen molar-refractivity contribution in [2.45, 2.75) is 83.2 Å². The van der Waals surface area contributed by atoms with Crippen molar-refractivity contribution in [3.8, 4) is 6.07 Å². The summed E-state index contributed by atoms with van der Waals surface area (Å²) in [6, 6.07) is 18.0. The first-order valence-corrected chi connectivity index (χ1v) is 18.6. The lowest BCUT2D eigenvalue weighted by atomic mass is 9.33. The van der Waals surface area contributed by atoms with Gasteiger partial charge in [-0.2, -0.15) is 18.4 Å². The third kappa shape index (κ3) is 6.26. The number of nitrogens with one attached hydrogen (secondary N) is 2. The number of likely N-dealkylation sites (tertiary alicyclic amines) is 1. The summed E-state index contributed by atoms with van der Waals surface area (Å²) in [7, 11) is 0. The van der Waals surface area contributed by atoms with Crippen LogP contribution in [0.15, 0.2) is 54.9 Å². The number of rotatable bonds is 10. The molecular formula is C39H41F3N8OS. The Kier molecular flexibility index (Phi) is 8.45. The molecule has 9 rings (SSSR count). The largest absolute Gasteiger partial charge is 0.399 e. The van der Waals surface area contributed by atoms with E-state index >= 15 is 0 Å². The van der Waals surface area contributed by atoms with Gasteiger partial charge < -0.3 is 20.9 Å². The number of anilines is 2. The minimum absolute atomic E-state index is 0.0189. The molecule has 2 aromatic carbocycles. The van der Waals surface area contributed by atoms with Crippen LogP contribution in [0.4, 0.5) is 24.7 Å². The van der Waals surface area contributed by atoms with Crippen LogP contribution in [-0.4, -0.2) is 56.2 Å². The predicted octanol–water partition coefficient (Wildman–Crippen LogP) is 7.12. The van der Waals surface area contributed by atoms with Gasteiger partial charge in [0.25, 0.3) is 0 Å². The molecule has 4 heterocycles. The highest BCUT2D eigenvalue weighted by atomic mass is 32.1. The molecule has 4 N–H and O–H groups in total. The summed E-state index contributed by atoms with van der Waals surface area (Å²) in [6.07, 6.45) is 0.0651. The van der Waals surface area contributed by atoms with Crippen molar-refractivity contribution in [2.24, 2.45) is 11.3 Å². The molecule has 3 saturated carbocycles. The van der Waals surface area contributed by atoms with Crippen LogP contribution in [0.5, 0.6) is 0 Å². The highest BCUT2D eigenvalue weighted by Crippen LogP contribution is 2.72. The zero-order valence-electron chi connectivity index (χ0n) is 29.2. The van der Waals surface area contributed by atoms with Crippen LogP contribution in [0.1, 0.15) is 59.9 Å². The lowest BCUT2D eigenvalue weighted by molar-refractivity contribution is -0.228. The molecule has 4 fully saturated rings. The maximum atomic E-state index is 13.0. The molecule has 5 aromatic rings. The zero-order chi connectivity index (χ0) is 36.4. The van der Waals surface area contributed by atoms with Gasteiger partial charge in [0.15, 0.2) is 0 Å². The molecule has 0 spiro atoms. The van der Waals surface area contributed by atoms with Gasteiger partial charge in [-0.05, 0) is 91.0 Å². The van der Waals surface area contributed by atoms with E-state index < -0.39 is 12.6 Å². The minimum atomic E-state index is -4.26. The van der Waals surface area contributed by atoms with E-state index in [1.807, 2.05) is 30.3 Å². The number of amides is 1. The number of nitrogens with two attached hydrogens (primary N) is 1.